The van der Waals surface area contributed by atoms with E-state index in [1.807, 2.05) is 54.6 Å². The van der Waals surface area contributed by atoms with E-state index < -0.39 is 6.09 Å². The van der Waals surface area contributed by atoms with Crippen LogP contribution in [0.1, 0.15) is 17.2 Å². The molecule has 1 aliphatic rings. The molecule has 0 saturated carbocycles. The lowest BCUT2D eigenvalue weighted by Gasteiger charge is -2.32. The first-order valence-corrected chi connectivity index (χ1v) is 7.70. The molecular formula is C18H20N2O3. The third-order valence-corrected chi connectivity index (χ3v) is 3.98. The van der Waals surface area contributed by atoms with Gasteiger partial charge < -0.3 is 20.1 Å². The lowest BCUT2D eigenvalue weighted by atomic mass is 10.0. The first kappa shape index (κ1) is 15.4. The molecule has 2 N–H and O–H groups in total. The van der Waals surface area contributed by atoms with Crippen molar-refractivity contribution in [2.75, 3.05) is 19.6 Å². The Morgan fingerprint density at radius 2 is 1.91 bits per heavy atom. The predicted octanol–water partition coefficient (Wildman–Crippen LogP) is 2.89. The summed E-state index contributed by atoms with van der Waals surface area (Å²) in [6.07, 6.45) is -0.862. The fourth-order valence-electron chi connectivity index (χ4n) is 2.68. The molecule has 1 fully saturated rings. The monoisotopic (exact) mass is 312 g/mol. The summed E-state index contributed by atoms with van der Waals surface area (Å²) in [5.41, 5.74) is 2.20. The van der Waals surface area contributed by atoms with Crippen molar-refractivity contribution in [1.82, 2.24) is 10.2 Å². The smallest absolute Gasteiger partial charge is 0.407 e. The van der Waals surface area contributed by atoms with Gasteiger partial charge in [-0.1, -0.05) is 42.5 Å². The van der Waals surface area contributed by atoms with Gasteiger partial charge in [-0.3, -0.25) is 0 Å². The number of hydrogen-bond donors (Lipinski definition) is 2. The molecule has 3 rings (SSSR count). The zero-order valence-electron chi connectivity index (χ0n) is 12.8. The molecule has 1 saturated heterocycles. The summed E-state index contributed by atoms with van der Waals surface area (Å²) >= 11 is 0. The molecule has 120 valence electrons. The van der Waals surface area contributed by atoms with Crippen molar-refractivity contribution in [2.45, 2.75) is 12.6 Å². The molecule has 1 amide bonds. The summed E-state index contributed by atoms with van der Waals surface area (Å²) in [6.45, 7) is 2.21. The lowest BCUT2D eigenvalue weighted by molar-refractivity contribution is 0.129. The molecule has 2 aromatic rings. The van der Waals surface area contributed by atoms with Crippen LogP contribution in [0, 0.1) is 0 Å². The van der Waals surface area contributed by atoms with Crippen LogP contribution < -0.4 is 10.1 Å². The van der Waals surface area contributed by atoms with Gasteiger partial charge in [0.05, 0.1) is 6.04 Å². The molecule has 1 unspecified atom stereocenters. The lowest BCUT2D eigenvalue weighted by Crippen LogP contribution is -2.47. The van der Waals surface area contributed by atoms with Crippen molar-refractivity contribution >= 4 is 6.09 Å². The molecule has 0 aliphatic carbocycles. The SMILES string of the molecule is O=C(O)N1CCNC(c2ccc(OCc3ccccc3)cc2)C1. The van der Waals surface area contributed by atoms with Crippen molar-refractivity contribution in [3.05, 3.63) is 65.7 Å². The van der Waals surface area contributed by atoms with Gasteiger partial charge in [-0.2, -0.15) is 0 Å². The number of carbonyl (C=O) groups is 1. The predicted molar refractivity (Wildman–Crippen MR) is 87.6 cm³/mol. The summed E-state index contributed by atoms with van der Waals surface area (Å²) in [6, 6.07) is 17.9. The fraction of sp³-hybridized carbons (Fsp3) is 0.278. The normalized spacial score (nSPS) is 17.7. The van der Waals surface area contributed by atoms with Crippen LogP contribution in [0.25, 0.3) is 0 Å². The number of amides is 1. The fourth-order valence-corrected chi connectivity index (χ4v) is 2.68. The Labute approximate surface area is 135 Å². The highest BCUT2D eigenvalue weighted by Crippen LogP contribution is 2.21. The van der Waals surface area contributed by atoms with Gasteiger partial charge >= 0.3 is 6.09 Å². The Hall–Kier alpha value is -2.53. The number of benzene rings is 2. The van der Waals surface area contributed by atoms with Gasteiger partial charge in [-0.05, 0) is 23.3 Å². The van der Waals surface area contributed by atoms with Crippen LogP contribution in [-0.4, -0.2) is 35.7 Å². The minimum absolute atomic E-state index is 0.0306. The largest absolute Gasteiger partial charge is 0.489 e. The minimum Gasteiger partial charge on any atom is -0.489 e. The second kappa shape index (κ2) is 7.15. The summed E-state index contributed by atoms with van der Waals surface area (Å²) in [4.78, 5) is 12.5. The zero-order valence-corrected chi connectivity index (χ0v) is 12.8. The van der Waals surface area contributed by atoms with E-state index >= 15 is 0 Å². The topological polar surface area (TPSA) is 61.8 Å². The van der Waals surface area contributed by atoms with Gasteiger partial charge in [0.1, 0.15) is 12.4 Å². The summed E-state index contributed by atoms with van der Waals surface area (Å²) < 4.78 is 5.77. The Bertz CT molecular complexity index is 643. The highest BCUT2D eigenvalue weighted by atomic mass is 16.5. The first-order valence-electron chi connectivity index (χ1n) is 7.70. The minimum atomic E-state index is -0.862. The second-order valence-electron chi connectivity index (χ2n) is 5.58. The van der Waals surface area contributed by atoms with Crippen LogP contribution >= 0.6 is 0 Å². The van der Waals surface area contributed by atoms with Gasteiger partial charge in [0, 0.05) is 19.6 Å². The zero-order chi connectivity index (χ0) is 16.1. The van der Waals surface area contributed by atoms with Crippen molar-refractivity contribution < 1.29 is 14.6 Å². The number of ether oxygens (including phenoxy) is 1. The number of piperazine rings is 1. The third-order valence-electron chi connectivity index (χ3n) is 3.98. The van der Waals surface area contributed by atoms with Crippen LogP contribution in [0.15, 0.2) is 54.6 Å². The van der Waals surface area contributed by atoms with Gasteiger partial charge in [-0.25, -0.2) is 4.79 Å². The number of nitrogens with one attached hydrogen (secondary N) is 1. The van der Waals surface area contributed by atoms with Gasteiger partial charge in [0.25, 0.3) is 0 Å². The quantitative estimate of drug-likeness (QED) is 0.911. The highest BCUT2D eigenvalue weighted by Gasteiger charge is 2.23. The third kappa shape index (κ3) is 4.02. The van der Waals surface area contributed by atoms with E-state index in [-0.39, 0.29) is 6.04 Å². The molecule has 0 bridgehead atoms. The van der Waals surface area contributed by atoms with E-state index in [0.29, 0.717) is 26.2 Å². The molecule has 0 aromatic heterocycles. The van der Waals surface area contributed by atoms with E-state index in [1.165, 1.54) is 4.90 Å². The highest BCUT2D eigenvalue weighted by molar-refractivity contribution is 5.65. The maximum atomic E-state index is 11.1. The summed E-state index contributed by atoms with van der Waals surface area (Å²) in [7, 11) is 0. The maximum Gasteiger partial charge on any atom is 0.407 e. The van der Waals surface area contributed by atoms with Gasteiger partial charge in [0.2, 0.25) is 0 Å². The average molecular weight is 312 g/mol. The first-order chi connectivity index (χ1) is 11.2. The van der Waals surface area contributed by atoms with E-state index in [2.05, 4.69) is 5.32 Å². The van der Waals surface area contributed by atoms with Crippen LogP contribution in [-0.2, 0) is 6.61 Å². The van der Waals surface area contributed by atoms with Crippen molar-refractivity contribution in [2.24, 2.45) is 0 Å². The Morgan fingerprint density at radius 1 is 1.17 bits per heavy atom. The Balaban J connectivity index is 1.59. The van der Waals surface area contributed by atoms with E-state index in [4.69, 9.17) is 9.84 Å². The average Bonchev–Trinajstić information content (AvgIpc) is 2.61. The van der Waals surface area contributed by atoms with E-state index in [1.54, 1.807) is 0 Å². The van der Waals surface area contributed by atoms with Crippen LogP contribution in [0.3, 0.4) is 0 Å². The second-order valence-corrected chi connectivity index (χ2v) is 5.58. The van der Waals surface area contributed by atoms with Crippen molar-refractivity contribution in [3.8, 4) is 5.75 Å². The molecule has 1 aliphatic heterocycles. The number of hydrogen-bond acceptors (Lipinski definition) is 3. The summed E-state index contributed by atoms with van der Waals surface area (Å²) in [5.74, 6) is 0.809. The van der Waals surface area contributed by atoms with Gasteiger partial charge in [0.15, 0.2) is 0 Å². The van der Waals surface area contributed by atoms with Crippen molar-refractivity contribution in [3.63, 3.8) is 0 Å². The molecule has 0 radical (unpaired) electrons. The molecular weight excluding hydrogens is 292 g/mol. The number of nitrogens with zero attached hydrogens (tertiary/aromatic N) is 1. The van der Waals surface area contributed by atoms with Crippen molar-refractivity contribution in [1.29, 1.82) is 0 Å². The standard InChI is InChI=1S/C18H20N2O3/c21-18(22)20-11-10-19-17(12-20)15-6-8-16(9-7-15)23-13-14-4-2-1-3-5-14/h1-9,17,19H,10-13H2,(H,21,22). The molecule has 23 heavy (non-hydrogen) atoms. The van der Waals surface area contributed by atoms with Crippen LogP contribution in [0.4, 0.5) is 4.79 Å². The Morgan fingerprint density at radius 3 is 2.61 bits per heavy atom. The van der Waals surface area contributed by atoms with E-state index in [0.717, 1.165) is 16.9 Å². The Kier molecular flexibility index (Phi) is 4.78. The molecule has 5 nitrogen and oxygen atoms in total. The maximum absolute atomic E-state index is 11.1. The summed E-state index contributed by atoms with van der Waals surface area (Å²) in [5, 5.41) is 12.5. The molecule has 1 heterocycles. The van der Waals surface area contributed by atoms with Gasteiger partial charge in [-0.15, -0.1) is 0 Å². The molecule has 1 atom stereocenters. The number of carboxylic acid groups (broad SMARTS) is 1. The molecule has 0 spiro atoms. The van der Waals surface area contributed by atoms with E-state index in [9.17, 15) is 4.79 Å². The molecule has 2 aromatic carbocycles. The van der Waals surface area contributed by atoms with Crippen LogP contribution in [0.2, 0.25) is 0 Å². The molecule has 5 heteroatoms. The number of rotatable bonds is 4. The van der Waals surface area contributed by atoms with Crippen LogP contribution in [0.5, 0.6) is 5.75 Å².